The van der Waals surface area contributed by atoms with Crippen molar-refractivity contribution in [1.82, 2.24) is 10.3 Å². The summed E-state index contributed by atoms with van der Waals surface area (Å²) in [6.07, 6.45) is 3.38. The molecule has 0 aliphatic carbocycles. The molecule has 1 heterocycles. The molecule has 5 nitrogen and oxygen atoms in total. The summed E-state index contributed by atoms with van der Waals surface area (Å²) >= 11 is 0. The number of benzene rings is 1. The number of nitrogens with one attached hydrogen (secondary N) is 2. The third-order valence-corrected chi connectivity index (χ3v) is 3.43. The summed E-state index contributed by atoms with van der Waals surface area (Å²) in [5, 5.41) is 12.0. The SMILES string of the molecule is O=C(O)CCCCCCNC(=O)c1cc2cc(F)ccc2[nH]1. The van der Waals surface area contributed by atoms with Crippen molar-refractivity contribution in [2.24, 2.45) is 0 Å². The lowest BCUT2D eigenvalue weighted by Gasteiger charge is -2.03. The number of fused-ring (bicyclic) bond motifs is 1. The van der Waals surface area contributed by atoms with Crippen LogP contribution in [0.25, 0.3) is 10.9 Å². The van der Waals surface area contributed by atoms with Crippen molar-refractivity contribution in [3.05, 3.63) is 35.8 Å². The van der Waals surface area contributed by atoms with Crippen LogP contribution in [0.2, 0.25) is 0 Å². The highest BCUT2D eigenvalue weighted by Gasteiger charge is 2.09. The lowest BCUT2D eigenvalue weighted by molar-refractivity contribution is -0.137. The van der Waals surface area contributed by atoms with Gasteiger partial charge in [0.25, 0.3) is 5.91 Å². The highest BCUT2D eigenvalue weighted by molar-refractivity contribution is 5.97. The molecule has 1 amide bonds. The number of unbranched alkanes of at least 4 members (excludes halogenated alkanes) is 3. The third kappa shape index (κ3) is 4.58. The van der Waals surface area contributed by atoms with E-state index in [1.54, 1.807) is 12.1 Å². The van der Waals surface area contributed by atoms with Gasteiger partial charge in [-0.25, -0.2) is 4.39 Å². The van der Waals surface area contributed by atoms with Gasteiger partial charge in [0.05, 0.1) is 0 Å². The van der Waals surface area contributed by atoms with E-state index in [1.165, 1.54) is 12.1 Å². The molecule has 0 radical (unpaired) electrons. The highest BCUT2D eigenvalue weighted by Crippen LogP contribution is 2.16. The predicted molar refractivity (Wildman–Crippen MR) is 81.3 cm³/mol. The number of aliphatic carboxylic acids is 1. The lowest BCUT2D eigenvalue weighted by atomic mass is 10.1. The molecule has 2 aromatic rings. The fraction of sp³-hybridized carbons (Fsp3) is 0.375. The molecule has 0 aliphatic rings. The number of carboxylic acid groups (broad SMARTS) is 1. The number of aromatic nitrogens is 1. The van der Waals surface area contributed by atoms with E-state index in [1.807, 2.05) is 0 Å². The fourth-order valence-electron chi connectivity index (χ4n) is 2.28. The van der Waals surface area contributed by atoms with Gasteiger partial charge in [-0.3, -0.25) is 9.59 Å². The number of rotatable bonds is 8. The standard InChI is InChI=1S/C16H19FN2O3/c17-12-6-7-13-11(9-12)10-14(19-13)16(22)18-8-4-2-1-3-5-15(20)21/h6-7,9-10,19H,1-5,8H2,(H,18,22)(H,20,21). The second-order valence-electron chi connectivity index (χ2n) is 5.23. The van der Waals surface area contributed by atoms with Crippen molar-refractivity contribution in [1.29, 1.82) is 0 Å². The number of aromatic amines is 1. The van der Waals surface area contributed by atoms with Crippen molar-refractivity contribution in [2.45, 2.75) is 32.1 Å². The molecule has 0 bridgehead atoms. The minimum atomic E-state index is -0.774. The van der Waals surface area contributed by atoms with Gasteiger partial charge in [-0.05, 0) is 37.1 Å². The van der Waals surface area contributed by atoms with Gasteiger partial charge in [0, 0.05) is 23.9 Å². The molecular weight excluding hydrogens is 287 g/mol. The summed E-state index contributed by atoms with van der Waals surface area (Å²) in [5.74, 6) is -1.33. The Balaban J connectivity index is 1.73. The van der Waals surface area contributed by atoms with E-state index in [0.717, 1.165) is 24.8 Å². The van der Waals surface area contributed by atoms with Crippen LogP contribution in [0.3, 0.4) is 0 Å². The fourth-order valence-corrected chi connectivity index (χ4v) is 2.28. The number of H-pyrrole nitrogens is 1. The Morgan fingerprint density at radius 3 is 2.68 bits per heavy atom. The van der Waals surface area contributed by atoms with Crippen LogP contribution in [0.4, 0.5) is 4.39 Å². The average Bonchev–Trinajstić information content (AvgIpc) is 2.88. The van der Waals surface area contributed by atoms with Gasteiger partial charge in [0.1, 0.15) is 11.5 Å². The minimum Gasteiger partial charge on any atom is -0.481 e. The normalized spacial score (nSPS) is 10.8. The van der Waals surface area contributed by atoms with Crippen molar-refractivity contribution < 1.29 is 19.1 Å². The van der Waals surface area contributed by atoms with Crippen LogP contribution >= 0.6 is 0 Å². The summed E-state index contributed by atoms with van der Waals surface area (Å²) in [7, 11) is 0. The molecule has 0 spiro atoms. The van der Waals surface area contributed by atoms with E-state index in [0.29, 0.717) is 24.0 Å². The number of hydrogen-bond donors (Lipinski definition) is 3. The van der Waals surface area contributed by atoms with E-state index in [9.17, 15) is 14.0 Å². The first kappa shape index (κ1) is 16.0. The second kappa shape index (κ2) is 7.59. The minimum absolute atomic E-state index is 0.192. The Hall–Kier alpha value is -2.37. The molecule has 0 saturated heterocycles. The Bertz CT molecular complexity index is 666. The number of carbonyl (C=O) groups is 2. The van der Waals surface area contributed by atoms with E-state index in [-0.39, 0.29) is 18.1 Å². The molecule has 118 valence electrons. The zero-order chi connectivity index (χ0) is 15.9. The van der Waals surface area contributed by atoms with E-state index in [2.05, 4.69) is 10.3 Å². The average molecular weight is 306 g/mol. The van der Waals surface area contributed by atoms with Crippen LogP contribution in [-0.4, -0.2) is 28.5 Å². The highest BCUT2D eigenvalue weighted by atomic mass is 19.1. The maximum atomic E-state index is 13.1. The number of halogens is 1. The largest absolute Gasteiger partial charge is 0.481 e. The molecule has 1 aromatic carbocycles. The maximum absolute atomic E-state index is 13.1. The zero-order valence-corrected chi connectivity index (χ0v) is 12.2. The van der Waals surface area contributed by atoms with Crippen molar-refractivity contribution in [2.75, 3.05) is 6.54 Å². The molecule has 1 aromatic heterocycles. The molecule has 3 N–H and O–H groups in total. The molecule has 0 unspecified atom stereocenters. The molecule has 2 rings (SSSR count). The van der Waals surface area contributed by atoms with Crippen LogP contribution in [0.1, 0.15) is 42.6 Å². The predicted octanol–water partition coefficient (Wildman–Crippen LogP) is 3.07. The number of hydrogen-bond acceptors (Lipinski definition) is 2. The van der Waals surface area contributed by atoms with Gasteiger partial charge in [-0.15, -0.1) is 0 Å². The Morgan fingerprint density at radius 2 is 1.91 bits per heavy atom. The third-order valence-electron chi connectivity index (χ3n) is 3.43. The van der Waals surface area contributed by atoms with Gasteiger partial charge in [-0.1, -0.05) is 12.8 Å². The van der Waals surface area contributed by atoms with Crippen molar-refractivity contribution in [3.8, 4) is 0 Å². The molecule has 22 heavy (non-hydrogen) atoms. The van der Waals surface area contributed by atoms with Crippen LogP contribution in [0.5, 0.6) is 0 Å². The summed E-state index contributed by atoms with van der Waals surface area (Å²) in [6, 6.07) is 5.95. The monoisotopic (exact) mass is 306 g/mol. The van der Waals surface area contributed by atoms with Gasteiger partial charge in [0.2, 0.25) is 0 Å². The first-order valence-corrected chi connectivity index (χ1v) is 7.34. The Morgan fingerprint density at radius 1 is 1.14 bits per heavy atom. The molecule has 0 atom stereocenters. The summed E-state index contributed by atoms with van der Waals surface area (Å²) in [5.41, 5.74) is 1.13. The number of carbonyl (C=O) groups excluding carboxylic acids is 1. The first-order valence-electron chi connectivity index (χ1n) is 7.34. The lowest BCUT2D eigenvalue weighted by Crippen LogP contribution is -2.24. The van der Waals surface area contributed by atoms with Crippen LogP contribution in [0.15, 0.2) is 24.3 Å². The van der Waals surface area contributed by atoms with E-state index in [4.69, 9.17) is 5.11 Å². The Kier molecular flexibility index (Phi) is 5.52. The smallest absolute Gasteiger partial charge is 0.303 e. The van der Waals surface area contributed by atoms with Crippen molar-refractivity contribution in [3.63, 3.8) is 0 Å². The van der Waals surface area contributed by atoms with Gasteiger partial charge in [0.15, 0.2) is 0 Å². The van der Waals surface area contributed by atoms with E-state index < -0.39 is 5.97 Å². The molecule has 0 saturated carbocycles. The van der Waals surface area contributed by atoms with Crippen LogP contribution < -0.4 is 5.32 Å². The quantitative estimate of drug-likeness (QED) is 0.655. The number of carboxylic acids is 1. The zero-order valence-electron chi connectivity index (χ0n) is 12.2. The van der Waals surface area contributed by atoms with Gasteiger partial charge in [-0.2, -0.15) is 0 Å². The van der Waals surface area contributed by atoms with Crippen LogP contribution in [0, 0.1) is 5.82 Å². The molecule has 0 fully saturated rings. The van der Waals surface area contributed by atoms with E-state index >= 15 is 0 Å². The molecular formula is C16H19FN2O3. The van der Waals surface area contributed by atoms with Gasteiger partial charge < -0.3 is 15.4 Å². The first-order chi connectivity index (χ1) is 10.6. The Labute approximate surface area is 127 Å². The summed E-state index contributed by atoms with van der Waals surface area (Å²) < 4.78 is 13.1. The number of amides is 1. The molecule has 6 heteroatoms. The summed E-state index contributed by atoms with van der Waals surface area (Å²) in [4.78, 5) is 25.3. The second-order valence-corrected chi connectivity index (χ2v) is 5.23. The summed E-state index contributed by atoms with van der Waals surface area (Å²) in [6.45, 7) is 0.537. The van der Waals surface area contributed by atoms with Gasteiger partial charge >= 0.3 is 5.97 Å². The van der Waals surface area contributed by atoms with Crippen molar-refractivity contribution >= 4 is 22.8 Å². The maximum Gasteiger partial charge on any atom is 0.303 e. The molecule has 0 aliphatic heterocycles. The topological polar surface area (TPSA) is 82.2 Å². The van der Waals surface area contributed by atoms with Crippen LogP contribution in [-0.2, 0) is 4.79 Å².